The molecule has 6 nitrogen and oxygen atoms in total. The molecule has 4 aromatic rings. The molecule has 1 N–H and O–H groups in total. The number of nitrogens with one attached hydrogen (secondary N) is 1. The third-order valence-corrected chi connectivity index (χ3v) is 3.22. The summed E-state index contributed by atoms with van der Waals surface area (Å²) in [6.45, 7) is 1.97. The van der Waals surface area contributed by atoms with Gasteiger partial charge in [0.1, 0.15) is 5.52 Å². The van der Waals surface area contributed by atoms with E-state index in [1.807, 2.05) is 31.2 Å². The van der Waals surface area contributed by atoms with Gasteiger partial charge in [0.15, 0.2) is 5.82 Å². The molecule has 0 saturated heterocycles. The summed E-state index contributed by atoms with van der Waals surface area (Å²) in [5.41, 5.74) is 2.79. The van der Waals surface area contributed by atoms with Gasteiger partial charge >= 0.3 is 0 Å². The summed E-state index contributed by atoms with van der Waals surface area (Å²) in [6, 6.07) is 8.01. The van der Waals surface area contributed by atoms with Crippen LogP contribution < -0.4 is 0 Å². The van der Waals surface area contributed by atoms with Crippen LogP contribution in [-0.2, 0) is 6.42 Å². The highest BCUT2D eigenvalue weighted by Gasteiger charge is 2.13. The average Bonchev–Trinajstić information content (AvgIpc) is 3.11. The van der Waals surface area contributed by atoms with E-state index < -0.39 is 0 Å². The number of rotatable bonds is 2. The standard InChI is InChI=1S/C14H11N5O/c1-2-11-17-14(20-19-11)13-15-7-10-12(18-13)8-5-3-4-6-9(8)16-10/h3-7,16H,2H2,1H3. The minimum absolute atomic E-state index is 0.356. The Kier molecular flexibility index (Phi) is 2.29. The third kappa shape index (κ3) is 1.58. The molecule has 3 aromatic heterocycles. The molecular formula is C14H11N5O. The van der Waals surface area contributed by atoms with Gasteiger partial charge in [-0.05, 0) is 6.07 Å². The molecule has 0 radical (unpaired) electrons. The number of benzene rings is 1. The predicted octanol–water partition coefficient (Wildman–Crippen LogP) is 2.72. The van der Waals surface area contributed by atoms with Gasteiger partial charge < -0.3 is 9.51 Å². The number of aryl methyl sites for hydroxylation is 1. The number of hydrogen-bond acceptors (Lipinski definition) is 5. The number of aromatic amines is 1. The fourth-order valence-electron chi connectivity index (χ4n) is 2.21. The second kappa shape index (κ2) is 4.12. The maximum Gasteiger partial charge on any atom is 0.295 e. The van der Waals surface area contributed by atoms with Crippen LogP contribution in [0.3, 0.4) is 0 Å². The van der Waals surface area contributed by atoms with Crippen molar-refractivity contribution in [2.45, 2.75) is 13.3 Å². The Labute approximate surface area is 113 Å². The minimum atomic E-state index is 0.356. The van der Waals surface area contributed by atoms with Crippen molar-refractivity contribution in [1.29, 1.82) is 0 Å². The van der Waals surface area contributed by atoms with Crippen LogP contribution in [0.4, 0.5) is 0 Å². The van der Waals surface area contributed by atoms with Crippen molar-refractivity contribution < 1.29 is 4.52 Å². The van der Waals surface area contributed by atoms with Gasteiger partial charge in [0.2, 0.25) is 5.82 Å². The summed E-state index contributed by atoms with van der Waals surface area (Å²) in [5, 5.41) is 4.92. The second-order valence-electron chi connectivity index (χ2n) is 4.50. The zero-order valence-electron chi connectivity index (χ0n) is 10.8. The van der Waals surface area contributed by atoms with Gasteiger partial charge in [0.05, 0.1) is 11.7 Å². The lowest BCUT2D eigenvalue weighted by Gasteiger charge is -1.93. The molecule has 0 saturated carbocycles. The molecule has 0 bridgehead atoms. The van der Waals surface area contributed by atoms with Crippen molar-refractivity contribution in [1.82, 2.24) is 25.1 Å². The highest BCUT2D eigenvalue weighted by atomic mass is 16.5. The van der Waals surface area contributed by atoms with E-state index in [0.717, 1.165) is 28.4 Å². The van der Waals surface area contributed by atoms with E-state index in [4.69, 9.17) is 4.52 Å². The molecule has 3 heterocycles. The van der Waals surface area contributed by atoms with E-state index in [0.29, 0.717) is 17.5 Å². The molecule has 6 heteroatoms. The van der Waals surface area contributed by atoms with Crippen molar-refractivity contribution in [2.24, 2.45) is 0 Å². The van der Waals surface area contributed by atoms with Crippen LogP contribution in [0.5, 0.6) is 0 Å². The highest BCUT2D eigenvalue weighted by molar-refractivity contribution is 6.04. The van der Waals surface area contributed by atoms with Crippen molar-refractivity contribution in [3.05, 3.63) is 36.3 Å². The molecule has 0 aliphatic carbocycles. The van der Waals surface area contributed by atoms with E-state index in [1.165, 1.54) is 0 Å². The maximum atomic E-state index is 5.18. The zero-order chi connectivity index (χ0) is 13.5. The number of aromatic nitrogens is 5. The van der Waals surface area contributed by atoms with Crippen LogP contribution in [-0.4, -0.2) is 25.1 Å². The average molecular weight is 265 g/mol. The predicted molar refractivity (Wildman–Crippen MR) is 74.1 cm³/mol. The van der Waals surface area contributed by atoms with E-state index >= 15 is 0 Å². The first kappa shape index (κ1) is 11.1. The van der Waals surface area contributed by atoms with Crippen LogP contribution in [0.25, 0.3) is 33.7 Å². The van der Waals surface area contributed by atoms with Gasteiger partial charge in [-0.25, -0.2) is 9.97 Å². The molecular weight excluding hydrogens is 254 g/mol. The Balaban J connectivity index is 1.95. The van der Waals surface area contributed by atoms with Crippen LogP contribution in [0, 0.1) is 0 Å². The lowest BCUT2D eigenvalue weighted by molar-refractivity contribution is 0.421. The van der Waals surface area contributed by atoms with Gasteiger partial charge in [-0.1, -0.05) is 30.3 Å². The Morgan fingerprint density at radius 2 is 2.05 bits per heavy atom. The Morgan fingerprint density at radius 1 is 1.15 bits per heavy atom. The Bertz CT molecular complexity index is 908. The van der Waals surface area contributed by atoms with Crippen molar-refractivity contribution in [3.63, 3.8) is 0 Å². The van der Waals surface area contributed by atoms with Gasteiger partial charge in [-0.2, -0.15) is 4.98 Å². The van der Waals surface area contributed by atoms with Crippen LogP contribution >= 0.6 is 0 Å². The topological polar surface area (TPSA) is 80.5 Å². The quantitative estimate of drug-likeness (QED) is 0.602. The first-order valence-electron chi connectivity index (χ1n) is 6.41. The maximum absolute atomic E-state index is 5.18. The molecule has 0 aliphatic rings. The SMILES string of the molecule is CCc1noc(-c2ncc3[nH]c4ccccc4c3n2)n1. The molecule has 0 fully saturated rings. The summed E-state index contributed by atoms with van der Waals surface area (Å²) in [5.74, 6) is 1.46. The summed E-state index contributed by atoms with van der Waals surface area (Å²) in [6.07, 6.45) is 2.46. The largest absolute Gasteiger partial charge is 0.352 e. The highest BCUT2D eigenvalue weighted by Crippen LogP contribution is 2.24. The molecule has 0 atom stereocenters. The number of H-pyrrole nitrogens is 1. The Morgan fingerprint density at radius 3 is 2.90 bits per heavy atom. The van der Waals surface area contributed by atoms with Crippen LogP contribution in [0.15, 0.2) is 35.0 Å². The fourth-order valence-corrected chi connectivity index (χ4v) is 2.21. The number of hydrogen-bond donors (Lipinski definition) is 1. The molecule has 20 heavy (non-hydrogen) atoms. The van der Waals surface area contributed by atoms with Crippen LogP contribution in [0.1, 0.15) is 12.7 Å². The van der Waals surface area contributed by atoms with Crippen molar-refractivity contribution in [2.75, 3.05) is 0 Å². The second-order valence-corrected chi connectivity index (χ2v) is 4.50. The first-order valence-corrected chi connectivity index (χ1v) is 6.41. The normalized spacial score (nSPS) is 11.4. The fraction of sp³-hybridized carbons (Fsp3) is 0.143. The third-order valence-electron chi connectivity index (χ3n) is 3.22. The van der Waals surface area contributed by atoms with Gasteiger partial charge in [-0.15, -0.1) is 0 Å². The molecule has 98 valence electrons. The summed E-state index contributed by atoms with van der Waals surface area (Å²) < 4.78 is 5.18. The monoisotopic (exact) mass is 265 g/mol. The molecule has 1 aromatic carbocycles. The molecule has 0 spiro atoms. The van der Waals surface area contributed by atoms with Crippen molar-refractivity contribution in [3.8, 4) is 11.7 Å². The van der Waals surface area contributed by atoms with E-state index in [1.54, 1.807) is 6.20 Å². The molecule has 0 aliphatic heterocycles. The number of fused-ring (bicyclic) bond motifs is 3. The molecule has 4 rings (SSSR count). The van der Waals surface area contributed by atoms with Crippen molar-refractivity contribution >= 4 is 21.9 Å². The lowest BCUT2D eigenvalue weighted by Crippen LogP contribution is -1.89. The Hall–Kier alpha value is -2.76. The van der Waals surface area contributed by atoms with Gasteiger partial charge in [0, 0.05) is 17.3 Å². The smallest absolute Gasteiger partial charge is 0.295 e. The van der Waals surface area contributed by atoms with E-state index in [2.05, 4.69) is 25.1 Å². The van der Waals surface area contributed by atoms with E-state index in [-0.39, 0.29) is 0 Å². The molecule has 0 unspecified atom stereocenters. The minimum Gasteiger partial charge on any atom is -0.352 e. The lowest BCUT2D eigenvalue weighted by atomic mass is 10.2. The van der Waals surface area contributed by atoms with Gasteiger partial charge in [-0.3, -0.25) is 0 Å². The number of nitrogens with zero attached hydrogens (tertiary/aromatic N) is 4. The van der Waals surface area contributed by atoms with Crippen LogP contribution in [0.2, 0.25) is 0 Å². The zero-order valence-corrected chi connectivity index (χ0v) is 10.8. The summed E-state index contributed by atoms with van der Waals surface area (Å²) in [7, 11) is 0. The van der Waals surface area contributed by atoms with E-state index in [9.17, 15) is 0 Å². The summed E-state index contributed by atoms with van der Waals surface area (Å²) in [4.78, 5) is 16.4. The van der Waals surface area contributed by atoms with Gasteiger partial charge in [0.25, 0.3) is 5.89 Å². The number of para-hydroxylation sites is 1. The molecule has 0 amide bonds. The summed E-state index contributed by atoms with van der Waals surface area (Å²) >= 11 is 0. The first-order chi connectivity index (χ1) is 9.85.